The van der Waals surface area contributed by atoms with Crippen molar-refractivity contribution in [1.82, 2.24) is 15.0 Å². The van der Waals surface area contributed by atoms with Gasteiger partial charge < -0.3 is 14.7 Å². The van der Waals surface area contributed by atoms with E-state index in [2.05, 4.69) is 15.5 Å². The highest BCUT2D eigenvalue weighted by molar-refractivity contribution is 7.90. The molecule has 1 N–H and O–H groups in total. The number of hydrogen-bond acceptors (Lipinski definition) is 6. The Bertz CT molecular complexity index is 1280. The summed E-state index contributed by atoms with van der Waals surface area (Å²) in [5.41, 5.74) is -0.146. The van der Waals surface area contributed by atoms with Crippen molar-refractivity contribution in [2.24, 2.45) is 0 Å². The molecular weight excluding hydrogens is 473 g/mol. The number of aromatic nitrogens is 2. The van der Waals surface area contributed by atoms with Crippen LogP contribution in [-0.4, -0.2) is 48.8 Å². The number of nitrogens with zero attached hydrogens (tertiary/aromatic N) is 3. The van der Waals surface area contributed by atoms with Gasteiger partial charge in [0.25, 0.3) is 0 Å². The van der Waals surface area contributed by atoms with E-state index < -0.39 is 27.6 Å². The normalized spacial score (nSPS) is 15.4. The Labute approximate surface area is 193 Å². The maximum absolute atomic E-state index is 12.9. The molecule has 1 aromatic heterocycles. The summed E-state index contributed by atoms with van der Waals surface area (Å²) in [5, 5.41) is 6.48. The molecule has 0 saturated carbocycles. The average Bonchev–Trinajstić information content (AvgIpc) is 3.29. The summed E-state index contributed by atoms with van der Waals surface area (Å²) in [6.07, 6.45) is -2.27. The van der Waals surface area contributed by atoms with Crippen molar-refractivity contribution >= 4 is 21.6 Å². The Morgan fingerprint density at radius 3 is 2.41 bits per heavy atom. The molecule has 180 valence electrons. The summed E-state index contributed by atoms with van der Waals surface area (Å²) in [6.45, 7) is 0.743. The Morgan fingerprint density at radius 1 is 1.12 bits per heavy atom. The van der Waals surface area contributed by atoms with E-state index in [1.807, 2.05) is 0 Å². The zero-order chi connectivity index (χ0) is 24.5. The largest absolute Gasteiger partial charge is 0.416 e. The van der Waals surface area contributed by atoms with E-state index in [9.17, 15) is 26.4 Å². The van der Waals surface area contributed by atoms with E-state index >= 15 is 0 Å². The van der Waals surface area contributed by atoms with Crippen LogP contribution in [0.5, 0.6) is 0 Å². The lowest BCUT2D eigenvalue weighted by Gasteiger charge is -2.30. The van der Waals surface area contributed by atoms with Crippen LogP contribution in [0, 0.1) is 0 Å². The van der Waals surface area contributed by atoms with Gasteiger partial charge in [-0.3, -0.25) is 0 Å². The zero-order valence-electron chi connectivity index (χ0n) is 18.0. The molecule has 0 unspecified atom stereocenters. The van der Waals surface area contributed by atoms with Gasteiger partial charge in [-0.05, 0) is 55.3 Å². The lowest BCUT2D eigenvalue weighted by Crippen LogP contribution is -2.40. The summed E-state index contributed by atoms with van der Waals surface area (Å²) in [5.74, 6) is 0.675. The number of anilines is 1. The SMILES string of the molecule is CS(=O)(=O)c1ccc(-c2noc(C3CCN(C(=O)Nc4cccc(C(F)(F)F)c4)CC3)n2)cc1. The topological polar surface area (TPSA) is 105 Å². The van der Waals surface area contributed by atoms with Crippen molar-refractivity contribution in [3.8, 4) is 11.4 Å². The Balaban J connectivity index is 1.35. The monoisotopic (exact) mass is 494 g/mol. The number of halogens is 3. The average molecular weight is 494 g/mol. The van der Waals surface area contributed by atoms with Gasteiger partial charge in [0.05, 0.1) is 10.5 Å². The van der Waals surface area contributed by atoms with Crippen LogP contribution in [0.25, 0.3) is 11.4 Å². The molecule has 3 aromatic rings. The zero-order valence-corrected chi connectivity index (χ0v) is 18.9. The van der Waals surface area contributed by atoms with E-state index in [1.54, 1.807) is 12.1 Å². The molecule has 1 fully saturated rings. The summed E-state index contributed by atoms with van der Waals surface area (Å²) < 4.78 is 67.2. The predicted octanol–water partition coefficient (Wildman–Crippen LogP) is 4.57. The first kappa shape index (κ1) is 23.7. The van der Waals surface area contributed by atoms with Crippen LogP contribution >= 0.6 is 0 Å². The van der Waals surface area contributed by atoms with Crippen molar-refractivity contribution in [3.05, 3.63) is 60.0 Å². The van der Waals surface area contributed by atoms with Gasteiger partial charge in [0.1, 0.15) is 0 Å². The molecule has 34 heavy (non-hydrogen) atoms. The molecule has 2 heterocycles. The van der Waals surface area contributed by atoms with E-state index in [0.717, 1.165) is 18.4 Å². The Morgan fingerprint density at radius 2 is 1.79 bits per heavy atom. The first-order valence-electron chi connectivity index (χ1n) is 10.4. The van der Waals surface area contributed by atoms with Crippen LogP contribution in [0.2, 0.25) is 0 Å². The smallest absolute Gasteiger partial charge is 0.339 e. The van der Waals surface area contributed by atoms with Crippen molar-refractivity contribution < 1.29 is 30.9 Å². The number of carbonyl (C=O) groups is 1. The third-order valence-corrected chi connectivity index (χ3v) is 6.68. The second-order valence-corrected chi connectivity index (χ2v) is 10.0. The fourth-order valence-corrected chi connectivity index (χ4v) is 4.31. The molecule has 8 nitrogen and oxygen atoms in total. The lowest BCUT2D eigenvalue weighted by atomic mass is 9.97. The maximum atomic E-state index is 12.9. The van der Waals surface area contributed by atoms with Gasteiger partial charge in [-0.2, -0.15) is 18.2 Å². The summed E-state index contributed by atoms with van der Waals surface area (Å²) >= 11 is 0. The van der Waals surface area contributed by atoms with Crippen LogP contribution in [0.4, 0.5) is 23.7 Å². The highest BCUT2D eigenvalue weighted by atomic mass is 32.2. The van der Waals surface area contributed by atoms with Crippen molar-refractivity contribution in [3.63, 3.8) is 0 Å². The number of amides is 2. The summed E-state index contributed by atoms with van der Waals surface area (Å²) in [7, 11) is -3.31. The molecule has 0 bridgehead atoms. The van der Waals surface area contributed by atoms with E-state index in [0.29, 0.717) is 43.2 Å². The number of carbonyl (C=O) groups excluding carboxylic acids is 1. The molecule has 0 aliphatic carbocycles. The van der Waals surface area contributed by atoms with Gasteiger partial charge in [-0.25, -0.2) is 13.2 Å². The number of sulfone groups is 1. The number of hydrogen-bond donors (Lipinski definition) is 1. The number of rotatable bonds is 4. The number of piperidine rings is 1. The highest BCUT2D eigenvalue weighted by Crippen LogP contribution is 2.32. The first-order valence-corrected chi connectivity index (χ1v) is 12.3. The van der Waals surface area contributed by atoms with Crippen LogP contribution in [0.3, 0.4) is 0 Å². The lowest BCUT2D eigenvalue weighted by molar-refractivity contribution is -0.137. The molecular formula is C22H21F3N4O4S. The van der Waals surface area contributed by atoms with Crippen LogP contribution in [0.1, 0.15) is 30.2 Å². The molecule has 1 aliphatic rings. The van der Waals surface area contributed by atoms with Crippen LogP contribution in [-0.2, 0) is 16.0 Å². The number of benzene rings is 2. The maximum Gasteiger partial charge on any atom is 0.416 e. The second-order valence-electron chi connectivity index (χ2n) is 8.02. The van der Waals surface area contributed by atoms with Gasteiger partial charge in [0, 0.05) is 36.5 Å². The molecule has 4 rings (SSSR count). The van der Waals surface area contributed by atoms with E-state index in [1.165, 1.54) is 29.2 Å². The molecule has 2 aromatic carbocycles. The minimum atomic E-state index is -4.49. The molecule has 1 saturated heterocycles. The molecule has 0 spiro atoms. The van der Waals surface area contributed by atoms with E-state index in [4.69, 9.17) is 4.52 Å². The van der Waals surface area contributed by atoms with Crippen LogP contribution < -0.4 is 5.32 Å². The highest BCUT2D eigenvalue weighted by Gasteiger charge is 2.31. The fraction of sp³-hybridized carbons (Fsp3) is 0.318. The summed E-state index contributed by atoms with van der Waals surface area (Å²) in [6, 6.07) is 10.2. The number of likely N-dealkylation sites (tertiary alicyclic amines) is 1. The molecule has 0 atom stereocenters. The number of nitrogens with one attached hydrogen (secondary N) is 1. The third-order valence-electron chi connectivity index (χ3n) is 5.55. The molecule has 0 radical (unpaired) electrons. The van der Waals surface area contributed by atoms with Gasteiger partial charge in [0.2, 0.25) is 11.7 Å². The van der Waals surface area contributed by atoms with Gasteiger partial charge in [-0.1, -0.05) is 11.2 Å². The first-order chi connectivity index (χ1) is 16.0. The minimum Gasteiger partial charge on any atom is -0.339 e. The van der Waals surface area contributed by atoms with Gasteiger partial charge >= 0.3 is 12.2 Å². The molecule has 12 heteroatoms. The van der Waals surface area contributed by atoms with Crippen molar-refractivity contribution in [1.29, 1.82) is 0 Å². The van der Waals surface area contributed by atoms with Crippen LogP contribution in [0.15, 0.2) is 57.9 Å². The van der Waals surface area contributed by atoms with Gasteiger partial charge in [-0.15, -0.1) is 0 Å². The summed E-state index contributed by atoms with van der Waals surface area (Å²) in [4.78, 5) is 18.6. The quantitative estimate of drug-likeness (QED) is 0.570. The number of urea groups is 1. The van der Waals surface area contributed by atoms with Crippen molar-refractivity contribution in [2.45, 2.75) is 29.8 Å². The Hall–Kier alpha value is -3.41. The van der Waals surface area contributed by atoms with E-state index in [-0.39, 0.29) is 16.5 Å². The number of alkyl halides is 3. The second kappa shape index (κ2) is 9.09. The van der Waals surface area contributed by atoms with Gasteiger partial charge in [0.15, 0.2) is 9.84 Å². The van der Waals surface area contributed by atoms with Crippen molar-refractivity contribution in [2.75, 3.05) is 24.7 Å². The predicted molar refractivity (Wildman–Crippen MR) is 117 cm³/mol. The fourth-order valence-electron chi connectivity index (χ4n) is 3.67. The standard InChI is InChI=1S/C22H21F3N4O4S/c1-34(31,32)18-7-5-14(6-8-18)19-27-20(33-28-19)15-9-11-29(12-10-15)21(30)26-17-4-2-3-16(13-17)22(23,24)25/h2-8,13,15H,9-12H2,1H3,(H,26,30). The third kappa shape index (κ3) is 5.38. The Kier molecular flexibility index (Phi) is 6.34. The minimum absolute atomic E-state index is 0.0744. The molecule has 2 amide bonds. The molecule has 1 aliphatic heterocycles.